The van der Waals surface area contributed by atoms with Crippen molar-refractivity contribution in [1.82, 2.24) is 4.90 Å². The molecule has 2 aliphatic heterocycles. The molecule has 0 aliphatic carbocycles. The molecule has 0 spiro atoms. The molecule has 0 aromatic rings. The largest absolute Gasteiger partial charge is 0.477 e. The highest BCUT2D eigenvalue weighted by Gasteiger charge is 2.59. The molecule has 6 heteroatoms. The van der Waals surface area contributed by atoms with Crippen LogP contribution in [0.25, 0.3) is 0 Å². The first kappa shape index (κ1) is 13.4. The van der Waals surface area contributed by atoms with Crippen LogP contribution < -0.4 is 5.73 Å². The van der Waals surface area contributed by atoms with Crippen LogP contribution in [-0.2, 0) is 9.59 Å². The molecule has 0 saturated carbocycles. The zero-order valence-corrected chi connectivity index (χ0v) is 11.5. The van der Waals surface area contributed by atoms with Gasteiger partial charge in [0.15, 0.2) is 0 Å². The minimum absolute atomic E-state index is 0.0646. The van der Waals surface area contributed by atoms with Gasteiger partial charge in [-0.1, -0.05) is 13.8 Å². The molecule has 0 bridgehead atoms. The number of carbonyl (C=O) groups is 2. The van der Waals surface area contributed by atoms with Gasteiger partial charge in [-0.2, -0.15) is 0 Å². The summed E-state index contributed by atoms with van der Waals surface area (Å²) in [6, 6.07) is -0.306. The van der Waals surface area contributed by atoms with E-state index in [0.717, 1.165) is 10.7 Å². The number of fused-ring (bicyclic) bond motifs is 1. The Balaban J connectivity index is 2.37. The average Bonchev–Trinajstić information content (AvgIpc) is 2.50. The monoisotopic (exact) mass is 270 g/mol. The second-order valence-corrected chi connectivity index (χ2v) is 6.13. The van der Waals surface area contributed by atoms with Gasteiger partial charge in [0.1, 0.15) is 5.70 Å². The smallest absolute Gasteiger partial charge is 0.353 e. The maximum atomic E-state index is 12.0. The first-order valence-corrected chi connectivity index (χ1v) is 7.09. The number of carboxylic acid groups (broad SMARTS) is 1. The molecule has 100 valence electrons. The van der Waals surface area contributed by atoms with Gasteiger partial charge in [0.2, 0.25) is 5.91 Å². The minimum Gasteiger partial charge on any atom is -0.477 e. The topological polar surface area (TPSA) is 83.6 Å². The quantitative estimate of drug-likeness (QED) is 0.740. The summed E-state index contributed by atoms with van der Waals surface area (Å²) in [7, 11) is 0. The third kappa shape index (κ3) is 1.66. The van der Waals surface area contributed by atoms with E-state index in [1.54, 1.807) is 6.92 Å². The molecule has 1 amide bonds. The second kappa shape index (κ2) is 4.59. The van der Waals surface area contributed by atoms with Gasteiger partial charge in [-0.15, -0.1) is 11.8 Å². The van der Waals surface area contributed by atoms with Crippen molar-refractivity contribution in [2.24, 2.45) is 17.6 Å². The van der Waals surface area contributed by atoms with E-state index in [0.29, 0.717) is 0 Å². The predicted molar refractivity (Wildman–Crippen MR) is 69.7 cm³/mol. The zero-order chi connectivity index (χ0) is 13.6. The van der Waals surface area contributed by atoms with Crippen LogP contribution in [-0.4, -0.2) is 39.7 Å². The van der Waals surface area contributed by atoms with Crippen molar-refractivity contribution in [3.05, 3.63) is 10.6 Å². The van der Waals surface area contributed by atoms with Gasteiger partial charge in [-0.05, 0) is 12.7 Å². The van der Waals surface area contributed by atoms with Crippen molar-refractivity contribution in [2.45, 2.75) is 32.9 Å². The van der Waals surface area contributed by atoms with Crippen LogP contribution in [0.1, 0.15) is 20.8 Å². The lowest BCUT2D eigenvalue weighted by Gasteiger charge is -2.46. The number of nitrogens with two attached hydrogens (primary N) is 1. The highest BCUT2D eigenvalue weighted by molar-refractivity contribution is 8.03. The number of β-lactam (4-membered cyclic amide) rings is 1. The number of thioether (sulfide) groups is 1. The predicted octanol–water partition coefficient (Wildman–Crippen LogP) is 0.860. The minimum atomic E-state index is -1.02. The molecule has 0 radical (unpaired) electrons. The van der Waals surface area contributed by atoms with Gasteiger partial charge in [0, 0.05) is 16.9 Å². The van der Waals surface area contributed by atoms with Crippen molar-refractivity contribution in [1.29, 1.82) is 0 Å². The number of nitrogens with zero attached hydrogens (tertiary/aromatic N) is 1. The van der Waals surface area contributed by atoms with Crippen molar-refractivity contribution in [2.75, 3.05) is 5.75 Å². The molecule has 3 N–H and O–H groups in total. The summed E-state index contributed by atoms with van der Waals surface area (Å²) in [6.07, 6.45) is 0. The van der Waals surface area contributed by atoms with Gasteiger partial charge in [0.05, 0.1) is 12.0 Å². The average molecular weight is 270 g/mol. The summed E-state index contributed by atoms with van der Waals surface area (Å²) in [4.78, 5) is 25.6. The van der Waals surface area contributed by atoms with E-state index in [-0.39, 0.29) is 35.5 Å². The van der Waals surface area contributed by atoms with Crippen LogP contribution in [0.15, 0.2) is 10.6 Å². The molecule has 18 heavy (non-hydrogen) atoms. The Hall–Kier alpha value is -1.01. The Morgan fingerprint density at radius 3 is 2.67 bits per heavy atom. The Kier molecular flexibility index (Phi) is 3.42. The molecule has 2 rings (SSSR count). The van der Waals surface area contributed by atoms with Crippen molar-refractivity contribution in [3.63, 3.8) is 0 Å². The van der Waals surface area contributed by atoms with E-state index in [4.69, 9.17) is 5.73 Å². The highest BCUT2D eigenvalue weighted by atomic mass is 32.2. The Morgan fingerprint density at radius 1 is 1.61 bits per heavy atom. The molecule has 2 heterocycles. The number of hydrogen-bond acceptors (Lipinski definition) is 4. The lowest BCUT2D eigenvalue weighted by molar-refractivity contribution is -0.157. The van der Waals surface area contributed by atoms with Crippen molar-refractivity contribution in [3.8, 4) is 0 Å². The van der Waals surface area contributed by atoms with Crippen LogP contribution in [0.3, 0.4) is 0 Å². The summed E-state index contributed by atoms with van der Waals surface area (Å²) in [6.45, 7) is 5.76. The molecule has 1 fully saturated rings. The maximum Gasteiger partial charge on any atom is 0.353 e. The number of aliphatic carboxylic acids is 1. The van der Waals surface area contributed by atoms with Crippen molar-refractivity contribution >= 4 is 23.6 Å². The Morgan fingerprint density at radius 2 is 2.22 bits per heavy atom. The third-order valence-electron chi connectivity index (χ3n) is 3.66. The van der Waals surface area contributed by atoms with Gasteiger partial charge in [0.25, 0.3) is 0 Å². The lowest BCUT2D eigenvalue weighted by atomic mass is 9.78. The standard InChI is InChI=1S/C12H18N2O3S/c1-4-18-10-5(2)8-7(6(3)13)11(15)14(8)9(10)12(16)17/h5-8H,4,13H2,1-3H3,(H,16,17)/t5-,6-,7-,8-/m1/s1. The van der Waals surface area contributed by atoms with Gasteiger partial charge < -0.3 is 15.7 Å². The van der Waals surface area contributed by atoms with E-state index >= 15 is 0 Å². The fraction of sp³-hybridized carbons (Fsp3) is 0.667. The molecule has 1 saturated heterocycles. The summed E-state index contributed by atoms with van der Waals surface area (Å²) >= 11 is 1.51. The molecule has 0 aromatic heterocycles. The first-order valence-electron chi connectivity index (χ1n) is 6.10. The van der Waals surface area contributed by atoms with Gasteiger partial charge in [-0.25, -0.2) is 4.79 Å². The van der Waals surface area contributed by atoms with E-state index < -0.39 is 5.97 Å². The molecule has 4 atom stereocenters. The SMILES string of the molecule is CCSC1=C(C(=O)O)N2C(=O)[C@H]([C@@H](C)N)[C@H]2[C@H]1C. The fourth-order valence-electron chi connectivity index (χ4n) is 2.92. The number of carbonyl (C=O) groups excluding carboxylic acids is 1. The zero-order valence-electron chi connectivity index (χ0n) is 10.7. The molecule has 5 nitrogen and oxygen atoms in total. The van der Waals surface area contributed by atoms with E-state index in [1.165, 1.54) is 16.7 Å². The summed E-state index contributed by atoms with van der Waals surface area (Å²) in [5, 5.41) is 9.30. The number of hydrogen-bond donors (Lipinski definition) is 2. The molecule has 0 aromatic carbocycles. The van der Waals surface area contributed by atoms with Crippen LogP contribution in [0.5, 0.6) is 0 Å². The number of carboxylic acids is 1. The van der Waals surface area contributed by atoms with Gasteiger partial charge in [-0.3, -0.25) is 4.79 Å². The van der Waals surface area contributed by atoms with Crippen LogP contribution in [0, 0.1) is 11.8 Å². The maximum absolute atomic E-state index is 12.0. The van der Waals surface area contributed by atoms with E-state index in [2.05, 4.69) is 0 Å². The molecule has 2 aliphatic rings. The summed E-state index contributed by atoms with van der Waals surface area (Å²) in [5.74, 6) is -0.546. The van der Waals surface area contributed by atoms with Crippen LogP contribution in [0.4, 0.5) is 0 Å². The van der Waals surface area contributed by atoms with Gasteiger partial charge >= 0.3 is 5.97 Å². The first-order chi connectivity index (χ1) is 8.41. The Labute approximate surface area is 110 Å². The van der Waals surface area contributed by atoms with Crippen LogP contribution >= 0.6 is 11.8 Å². The number of rotatable bonds is 4. The summed E-state index contributed by atoms with van der Waals surface area (Å²) < 4.78 is 0. The third-order valence-corrected chi connectivity index (χ3v) is 4.82. The molecule has 0 unspecified atom stereocenters. The lowest BCUT2D eigenvalue weighted by Crippen LogP contribution is -2.65. The Bertz CT molecular complexity index is 433. The highest BCUT2D eigenvalue weighted by Crippen LogP contribution is 2.50. The summed E-state index contributed by atoms with van der Waals surface area (Å²) in [5.41, 5.74) is 5.99. The molecular formula is C12H18N2O3S. The molecular weight excluding hydrogens is 252 g/mol. The normalized spacial score (nSPS) is 32.3. The van der Waals surface area contributed by atoms with Crippen LogP contribution in [0.2, 0.25) is 0 Å². The van der Waals surface area contributed by atoms with E-state index in [9.17, 15) is 14.7 Å². The van der Waals surface area contributed by atoms with Crippen molar-refractivity contribution < 1.29 is 14.7 Å². The second-order valence-electron chi connectivity index (χ2n) is 4.82. The fourth-order valence-corrected chi connectivity index (χ4v) is 3.95. The van der Waals surface area contributed by atoms with E-state index in [1.807, 2.05) is 13.8 Å². The number of amides is 1.